The molecular formula is C36H51N5O5S. The number of unbranched alkanes of at least 4 members (excludes halogenated alkanes) is 2. The Kier molecular flexibility index (Phi) is 12.1. The first kappa shape index (κ1) is 35.0. The molecule has 0 unspecified atom stereocenters. The van der Waals surface area contributed by atoms with Gasteiger partial charge in [-0.05, 0) is 93.7 Å². The van der Waals surface area contributed by atoms with Gasteiger partial charge in [0.05, 0.1) is 10.5 Å². The number of carbonyl (C=O) groups excluding carboxylic acids is 4. The van der Waals surface area contributed by atoms with Crippen molar-refractivity contribution in [2.24, 2.45) is 24.8 Å². The van der Waals surface area contributed by atoms with E-state index in [2.05, 4.69) is 40.3 Å². The second kappa shape index (κ2) is 16.2. The van der Waals surface area contributed by atoms with Gasteiger partial charge in [0, 0.05) is 75.2 Å². The first-order chi connectivity index (χ1) is 22.7. The average molecular weight is 666 g/mol. The highest BCUT2D eigenvalue weighted by atomic mass is 32.2. The molecule has 5 rings (SSSR count). The molecule has 2 aromatic rings. The van der Waals surface area contributed by atoms with Crippen LogP contribution in [0.25, 0.3) is 10.9 Å². The maximum absolute atomic E-state index is 12.6. The topological polar surface area (TPSA) is 124 Å². The van der Waals surface area contributed by atoms with Gasteiger partial charge < -0.3 is 20.3 Å². The summed E-state index contributed by atoms with van der Waals surface area (Å²) >= 11 is 1.75. The molecule has 1 atom stereocenters. The molecule has 10 nitrogen and oxygen atoms in total. The zero-order valence-corrected chi connectivity index (χ0v) is 29.0. The van der Waals surface area contributed by atoms with E-state index in [0.29, 0.717) is 44.3 Å². The van der Waals surface area contributed by atoms with Gasteiger partial charge in [0.1, 0.15) is 5.75 Å². The van der Waals surface area contributed by atoms with Crippen molar-refractivity contribution in [3.63, 3.8) is 0 Å². The van der Waals surface area contributed by atoms with E-state index in [1.54, 1.807) is 11.8 Å². The third kappa shape index (κ3) is 8.41. The molecule has 2 aliphatic heterocycles. The van der Waals surface area contributed by atoms with Crippen molar-refractivity contribution in [3.8, 4) is 5.75 Å². The number of likely N-dealkylation sites (tertiary alicyclic amines) is 1. The number of aromatic nitrogens is 1. The fourth-order valence-corrected chi connectivity index (χ4v) is 8.51. The summed E-state index contributed by atoms with van der Waals surface area (Å²) in [4.78, 5) is 52.5. The SMILES string of the molecule is CCc1c(SC)n(C)c2c(CN3CC[C@@H](CNC(=O)CCCCCNC(=O)C4CCC(CN5C(=O)C=CC5=O)CC4)C3)c(O)ccc12. The molecule has 11 heteroatoms. The zero-order chi connectivity index (χ0) is 33.5. The fourth-order valence-electron chi connectivity index (χ4n) is 7.64. The van der Waals surface area contributed by atoms with Crippen molar-refractivity contribution in [2.75, 3.05) is 39.0 Å². The lowest BCUT2D eigenvalue weighted by Crippen LogP contribution is -2.38. The largest absolute Gasteiger partial charge is 0.508 e. The number of amides is 4. The van der Waals surface area contributed by atoms with Crippen LogP contribution in [-0.2, 0) is 39.2 Å². The Labute approximate surface area is 282 Å². The summed E-state index contributed by atoms with van der Waals surface area (Å²) in [6, 6.07) is 3.88. The van der Waals surface area contributed by atoms with Gasteiger partial charge in [-0.1, -0.05) is 13.3 Å². The van der Waals surface area contributed by atoms with Crippen LogP contribution in [0.1, 0.15) is 75.8 Å². The monoisotopic (exact) mass is 665 g/mol. The van der Waals surface area contributed by atoms with E-state index in [0.717, 1.165) is 82.0 Å². The van der Waals surface area contributed by atoms with Crippen molar-refractivity contribution in [1.82, 2.24) is 25.0 Å². The minimum atomic E-state index is -0.237. The maximum Gasteiger partial charge on any atom is 0.253 e. The van der Waals surface area contributed by atoms with Crippen LogP contribution in [0.4, 0.5) is 0 Å². The second-order valence-electron chi connectivity index (χ2n) is 13.5. The number of phenolic OH excluding ortho intramolecular Hbond substituents is 1. The molecule has 3 N–H and O–H groups in total. The molecule has 1 aromatic carbocycles. The van der Waals surface area contributed by atoms with Gasteiger partial charge in [0.15, 0.2) is 0 Å². The third-order valence-electron chi connectivity index (χ3n) is 10.3. The Balaban J connectivity index is 0.938. The minimum Gasteiger partial charge on any atom is -0.508 e. The number of aromatic hydroxyl groups is 1. The van der Waals surface area contributed by atoms with Gasteiger partial charge in [-0.15, -0.1) is 11.8 Å². The molecule has 2 fully saturated rings. The van der Waals surface area contributed by atoms with E-state index in [9.17, 15) is 24.3 Å². The standard InChI is InChI=1S/C36H51N5O5S/c1-4-27-28-13-14-30(42)29(34(28)39(2)36(27)47-3)23-40-19-17-25(21-40)20-38-31(43)8-6-5-7-18-37-35(46)26-11-9-24(10-12-26)22-41-32(44)15-16-33(41)45/h13-16,24-26,42H,4-12,17-23H2,1-3H3,(H,37,46)(H,38,43)/t24?,25-,26?/m0/s1. The molecule has 3 aliphatic rings. The first-order valence-electron chi connectivity index (χ1n) is 17.4. The predicted octanol–water partition coefficient (Wildman–Crippen LogP) is 4.51. The molecule has 47 heavy (non-hydrogen) atoms. The van der Waals surface area contributed by atoms with Gasteiger partial charge in [0.25, 0.3) is 11.8 Å². The number of rotatable bonds is 15. The molecule has 0 bridgehead atoms. The molecule has 1 saturated carbocycles. The summed E-state index contributed by atoms with van der Waals surface area (Å²) in [6.45, 7) is 6.46. The Morgan fingerprint density at radius 2 is 1.70 bits per heavy atom. The number of hydrogen-bond acceptors (Lipinski definition) is 7. The normalized spacial score (nSPS) is 21.7. The molecule has 1 aromatic heterocycles. The zero-order valence-electron chi connectivity index (χ0n) is 28.2. The summed E-state index contributed by atoms with van der Waals surface area (Å²) in [5.74, 6) is 0.695. The first-order valence-corrected chi connectivity index (χ1v) is 18.6. The van der Waals surface area contributed by atoms with Crippen molar-refractivity contribution >= 4 is 46.3 Å². The average Bonchev–Trinajstić information content (AvgIpc) is 3.74. The number of nitrogens with zero attached hydrogens (tertiary/aromatic N) is 3. The molecule has 1 saturated heterocycles. The van der Waals surface area contributed by atoms with Crippen LogP contribution >= 0.6 is 11.8 Å². The lowest BCUT2D eigenvalue weighted by atomic mass is 9.81. The summed E-state index contributed by atoms with van der Waals surface area (Å²) in [6.07, 6.45) is 13.0. The van der Waals surface area contributed by atoms with Crippen LogP contribution in [0.3, 0.4) is 0 Å². The van der Waals surface area contributed by atoms with Crippen LogP contribution < -0.4 is 10.6 Å². The van der Waals surface area contributed by atoms with Crippen LogP contribution in [0.2, 0.25) is 0 Å². The number of nitrogens with one attached hydrogen (secondary N) is 2. The van der Waals surface area contributed by atoms with Gasteiger partial charge in [0.2, 0.25) is 11.8 Å². The second-order valence-corrected chi connectivity index (χ2v) is 14.3. The summed E-state index contributed by atoms with van der Waals surface area (Å²) in [5, 5.41) is 19.5. The van der Waals surface area contributed by atoms with Gasteiger partial charge in [-0.2, -0.15) is 0 Å². The lowest BCUT2D eigenvalue weighted by Gasteiger charge is -2.30. The van der Waals surface area contributed by atoms with E-state index in [-0.39, 0.29) is 35.5 Å². The molecular weight excluding hydrogens is 614 g/mol. The molecule has 256 valence electrons. The van der Waals surface area contributed by atoms with E-state index < -0.39 is 0 Å². The number of imide groups is 1. The third-order valence-corrected chi connectivity index (χ3v) is 11.2. The number of phenols is 1. The van der Waals surface area contributed by atoms with E-state index in [4.69, 9.17) is 0 Å². The van der Waals surface area contributed by atoms with Crippen molar-refractivity contribution < 1.29 is 24.3 Å². The minimum absolute atomic E-state index is 0.00823. The van der Waals surface area contributed by atoms with Gasteiger partial charge >= 0.3 is 0 Å². The number of thioether (sulfide) groups is 1. The number of fused-ring (bicyclic) bond motifs is 1. The summed E-state index contributed by atoms with van der Waals surface area (Å²) in [7, 11) is 2.09. The Hall–Kier alpha value is -3.31. The van der Waals surface area contributed by atoms with Crippen LogP contribution in [-0.4, -0.2) is 82.1 Å². The Morgan fingerprint density at radius 3 is 2.40 bits per heavy atom. The van der Waals surface area contributed by atoms with Crippen LogP contribution in [0.15, 0.2) is 29.3 Å². The maximum atomic E-state index is 12.6. The quantitative estimate of drug-likeness (QED) is 0.145. The molecule has 0 spiro atoms. The summed E-state index contributed by atoms with van der Waals surface area (Å²) in [5.41, 5.74) is 3.44. The highest BCUT2D eigenvalue weighted by Crippen LogP contribution is 2.38. The van der Waals surface area contributed by atoms with Crippen molar-refractivity contribution in [3.05, 3.63) is 35.4 Å². The number of hydrogen-bond donors (Lipinski definition) is 3. The smallest absolute Gasteiger partial charge is 0.253 e. The number of aryl methyl sites for hydroxylation is 2. The molecule has 3 heterocycles. The Morgan fingerprint density at radius 1 is 0.957 bits per heavy atom. The predicted molar refractivity (Wildman–Crippen MR) is 185 cm³/mol. The van der Waals surface area contributed by atoms with Gasteiger partial charge in [-0.25, -0.2) is 0 Å². The number of carbonyl (C=O) groups is 4. The highest BCUT2D eigenvalue weighted by Gasteiger charge is 2.31. The molecule has 1 aliphatic carbocycles. The number of benzene rings is 1. The van der Waals surface area contributed by atoms with Crippen LogP contribution in [0, 0.1) is 17.8 Å². The van der Waals surface area contributed by atoms with Crippen molar-refractivity contribution in [2.45, 2.75) is 82.7 Å². The molecule has 4 amide bonds. The Bertz CT molecular complexity index is 1480. The van der Waals surface area contributed by atoms with E-state index in [1.165, 1.54) is 33.0 Å². The fraction of sp³-hybridized carbons (Fsp3) is 0.611. The van der Waals surface area contributed by atoms with Crippen molar-refractivity contribution in [1.29, 1.82) is 0 Å². The molecule has 0 radical (unpaired) electrons. The van der Waals surface area contributed by atoms with Crippen LogP contribution in [0.5, 0.6) is 5.75 Å². The highest BCUT2D eigenvalue weighted by molar-refractivity contribution is 7.98. The summed E-state index contributed by atoms with van der Waals surface area (Å²) < 4.78 is 2.23. The van der Waals surface area contributed by atoms with Gasteiger partial charge in [-0.3, -0.25) is 29.0 Å². The van der Waals surface area contributed by atoms with E-state index >= 15 is 0 Å². The lowest BCUT2D eigenvalue weighted by molar-refractivity contribution is -0.138. The van der Waals surface area contributed by atoms with E-state index in [1.807, 2.05) is 12.1 Å².